The van der Waals surface area contributed by atoms with E-state index < -0.39 is 30.1 Å². The molecule has 0 aromatic rings. The van der Waals surface area contributed by atoms with E-state index in [0.29, 0.717) is 12.8 Å². The maximum absolute atomic E-state index is 11.7. The van der Waals surface area contributed by atoms with Gasteiger partial charge in [0.15, 0.2) is 0 Å². The molecule has 0 aromatic heterocycles. The predicted molar refractivity (Wildman–Crippen MR) is 58.1 cm³/mol. The van der Waals surface area contributed by atoms with Crippen LogP contribution in [-0.2, 0) is 19.1 Å². The van der Waals surface area contributed by atoms with Crippen molar-refractivity contribution in [3.8, 4) is 0 Å². The van der Waals surface area contributed by atoms with Gasteiger partial charge < -0.3 is 9.47 Å². The largest absolute Gasteiger partial charge is 0.464 e. The Morgan fingerprint density at radius 1 is 1.47 bits per heavy atom. The summed E-state index contributed by atoms with van der Waals surface area (Å²) < 4.78 is 9.38. The van der Waals surface area contributed by atoms with Crippen LogP contribution in [0.1, 0.15) is 33.6 Å². The van der Waals surface area contributed by atoms with Crippen molar-refractivity contribution >= 4 is 18.0 Å². The summed E-state index contributed by atoms with van der Waals surface area (Å²) in [6, 6.07) is -1.47. The second-order valence-electron chi connectivity index (χ2n) is 3.83. The Kier molecular flexibility index (Phi) is 4.48. The highest BCUT2D eigenvalue weighted by Gasteiger charge is 2.44. The summed E-state index contributed by atoms with van der Waals surface area (Å²) in [5, 5.41) is 0. The second-order valence-corrected chi connectivity index (χ2v) is 3.83. The Labute approximate surface area is 99.9 Å². The standard InChI is InChI=1S/C11H17NO5/c1-4-6-8(10(14)16-5-2)12-7(3)9(13)17-11(12)15/h7-8H,4-6H2,1-3H3/t7-,8-/m0/s1. The molecule has 1 rings (SSSR count). The molecule has 6 nitrogen and oxygen atoms in total. The minimum absolute atomic E-state index is 0.240. The zero-order valence-electron chi connectivity index (χ0n) is 10.3. The van der Waals surface area contributed by atoms with Crippen molar-refractivity contribution in [2.75, 3.05) is 6.61 Å². The van der Waals surface area contributed by atoms with Gasteiger partial charge in [0, 0.05) is 0 Å². The van der Waals surface area contributed by atoms with Gasteiger partial charge in [0.2, 0.25) is 0 Å². The SMILES string of the molecule is CCC[C@@H](C(=O)OCC)N1C(=O)OC(=O)[C@@H]1C. The van der Waals surface area contributed by atoms with Crippen molar-refractivity contribution < 1.29 is 23.9 Å². The highest BCUT2D eigenvalue weighted by molar-refractivity contribution is 5.97. The number of rotatable bonds is 5. The van der Waals surface area contributed by atoms with Crippen molar-refractivity contribution in [3.05, 3.63) is 0 Å². The highest BCUT2D eigenvalue weighted by atomic mass is 16.6. The smallest absolute Gasteiger partial charge is 0.419 e. The minimum atomic E-state index is -0.769. The summed E-state index contributed by atoms with van der Waals surface area (Å²) in [5.41, 5.74) is 0. The lowest BCUT2D eigenvalue weighted by atomic mass is 10.1. The Balaban J connectivity index is 2.86. The lowest BCUT2D eigenvalue weighted by molar-refractivity contribution is -0.149. The van der Waals surface area contributed by atoms with Crippen LogP contribution in [0.25, 0.3) is 0 Å². The molecule has 96 valence electrons. The lowest BCUT2D eigenvalue weighted by Gasteiger charge is -2.25. The molecule has 1 saturated heterocycles. The third-order valence-corrected chi connectivity index (χ3v) is 2.61. The fourth-order valence-corrected chi connectivity index (χ4v) is 1.78. The first kappa shape index (κ1) is 13.5. The van der Waals surface area contributed by atoms with Crippen LogP contribution >= 0.6 is 0 Å². The monoisotopic (exact) mass is 243 g/mol. The molecule has 0 bridgehead atoms. The first-order valence-corrected chi connectivity index (χ1v) is 5.73. The molecule has 0 N–H and O–H groups in total. The molecule has 0 radical (unpaired) electrons. The van der Waals surface area contributed by atoms with Gasteiger partial charge in [-0.25, -0.2) is 14.4 Å². The quantitative estimate of drug-likeness (QED) is 0.533. The van der Waals surface area contributed by atoms with Gasteiger partial charge in [-0.2, -0.15) is 0 Å². The number of hydrogen-bond donors (Lipinski definition) is 0. The molecule has 0 aromatic carbocycles. The molecule has 0 aliphatic carbocycles. The summed E-state index contributed by atoms with van der Waals surface area (Å²) >= 11 is 0. The average Bonchev–Trinajstić information content (AvgIpc) is 2.51. The van der Waals surface area contributed by atoms with Gasteiger partial charge in [0.25, 0.3) is 0 Å². The number of ether oxygens (including phenoxy) is 2. The number of carbonyl (C=O) groups excluding carboxylic acids is 3. The maximum Gasteiger partial charge on any atom is 0.419 e. The van der Waals surface area contributed by atoms with Crippen LogP contribution in [0, 0.1) is 0 Å². The zero-order chi connectivity index (χ0) is 13.0. The van der Waals surface area contributed by atoms with Gasteiger partial charge in [-0.1, -0.05) is 13.3 Å². The Morgan fingerprint density at radius 2 is 2.12 bits per heavy atom. The van der Waals surface area contributed by atoms with Gasteiger partial charge in [-0.05, 0) is 20.3 Å². The van der Waals surface area contributed by atoms with Crippen LogP contribution in [0.4, 0.5) is 4.79 Å². The number of amides is 1. The molecular formula is C11H17NO5. The van der Waals surface area contributed by atoms with Gasteiger partial charge >= 0.3 is 18.0 Å². The fourth-order valence-electron chi connectivity index (χ4n) is 1.78. The molecule has 1 amide bonds. The summed E-state index contributed by atoms with van der Waals surface area (Å²) in [4.78, 5) is 35.6. The van der Waals surface area contributed by atoms with Crippen molar-refractivity contribution in [1.29, 1.82) is 0 Å². The topological polar surface area (TPSA) is 72.9 Å². The predicted octanol–water partition coefficient (Wildman–Crippen LogP) is 1.09. The van der Waals surface area contributed by atoms with E-state index in [1.54, 1.807) is 6.92 Å². The maximum atomic E-state index is 11.7. The number of esters is 2. The van der Waals surface area contributed by atoms with Crippen molar-refractivity contribution in [2.45, 2.75) is 45.7 Å². The van der Waals surface area contributed by atoms with Crippen LogP contribution in [0.15, 0.2) is 0 Å². The molecule has 1 fully saturated rings. The van der Waals surface area contributed by atoms with E-state index in [-0.39, 0.29) is 6.61 Å². The van der Waals surface area contributed by atoms with E-state index >= 15 is 0 Å². The molecule has 17 heavy (non-hydrogen) atoms. The van der Waals surface area contributed by atoms with E-state index in [2.05, 4.69) is 4.74 Å². The third-order valence-electron chi connectivity index (χ3n) is 2.61. The van der Waals surface area contributed by atoms with E-state index in [1.807, 2.05) is 6.92 Å². The van der Waals surface area contributed by atoms with Crippen LogP contribution in [0.5, 0.6) is 0 Å². The zero-order valence-corrected chi connectivity index (χ0v) is 10.3. The number of cyclic esters (lactones) is 2. The van der Waals surface area contributed by atoms with Gasteiger partial charge in [0.1, 0.15) is 12.1 Å². The average molecular weight is 243 g/mol. The normalized spacial score (nSPS) is 21.4. The molecule has 0 unspecified atom stereocenters. The van der Waals surface area contributed by atoms with E-state index in [4.69, 9.17) is 4.74 Å². The van der Waals surface area contributed by atoms with E-state index in [0.717, 1.165) is 4.90 Å². The minimum Gasteiger partial charge on any atom is -0.464 e. The van der Waals surface area contributed by atoms with Crippen LogP contribution < -0.4 is 0 Å². The molecule has 0 spiro atoms. The molecule has 1 heterocycles. The molecular weight excluding hydrogens is 226 g/mol. The van der Waals surface area contributed by atoms with E-state index in [1.165, 1.54) is 6.92 Å². The van der Waals surface area contributed by atoms with Crippen LogP contribution in [0.3, 0.4) is 0 Å². The van der Waals surface area contributed by atoms with E-state index in [9.17, 15) is 14.4 Å². The fraction of sp³-hybridized carbons (Fsp3) is 0.727. The first-order chi connectivity index (χ1) is 8.02. The van der Waals surface area contributed by atoms with Crippen LogP contribution in [-0.4, -0.2) is 41.6 Å². The summed E-state index contributed by atoms with van der Waals surface area (Å²) in [6.45, 7) is 5.36. The first-order valence-electron chi connectivity index (χ1n) is 5.73. The molecule has 6 heteroatoms. The van der Waals surface area contributed by atoms with Gasteiger partial charge in [-0.3, -0.25) is 4.90 Å². The number of hydrogen-bond acceptors (Lipinski definition) is 5. The Bertz CT molecular complexity index is 328. The van der Waals surface area contributed by atoms with Gasteiger partial charge in [-0.15, -0.1) is 0 Å². The third kappa shape index (κ3) is 2.75. The molecule has 1 aliphatic heterocycles. The summed E-state index contributed by atoms with van der Waals surface area (Å²) in [6.07, 6.45) is 0.383. The highest BCUT2D eigenvalue weighted by Crippen LogP contribution is 2.21. The summed E-state index contributed by atoms with van der Waals surface area (Å²) in [5.74, 6) is -1.12. The number of carbonyl (C=O) groups is 3. The Hall–Kier alpha value is -1.59. The summed E-state index contributed by atoms with van der Waals surface area (Å²) in [7, 11) is 0. The van der Waals surface area contributed by atoms with Crippen LogP contribution in [0.2, 0.25) is 0 Å². The lowest BCUT2D eigenvalue weighted by Crippen LogP contribution is -2.46. The number of nitrogens with zero attached hydrogens (tertiary/aromatic N) is 1. The molecule has 1 aliphatic rings. The van der Waals surface area contributed by atoms with Gasteiger partial charge in [0.05, 0.1) is 6.61 Å². The Morgan fingerprint density at radius 3 is 2.53 bits per heavy atom. The molecule has 0 saturated carbocycles. The van der Waals surface area contributed by atoms with Crippen molar-refractivity contribution in [1.82, 2.24) is 4.90 Å². The second kappa shape index (κ2) is 5.65. The van der Waals surface area contributed by atoms with Crippen molar-refractivity contribution in [2.24, 2.45) is 0 Å². The van der Waals surface area contributed by atoms with Crippen molar-refractivity contribution in [3.63, 3.8) is 0 Å². The molecule has 2 atom stereocenters.